The zero-order valence-electron chi connectivity index (χ0n) is 15.2. The summed E-state index contributed by atoms with van der Waals surface area (Å²) in [7, 11) is 0. The number of carbonyl (C=O) groups excluding carboxylic acids is 2. The van der Waals surface area contributed by atoms with Gasteiger partial charge in [0.25, 0.3) is 0 Å². The van der Waals surface area contributed by atoms with Crippen LogP contribution in [0.1, 0.15) is 12.0 Å². The van der Waals surface area contributed by atoms with Gasteiger partial charge in [-0.15, -0.1) is 0 Å². The van der Waals surface area contributed by atoms with Crippen molar-refractivity contribution in [3.63, 3.8) is 0 Å². The number of anilines is 2. The van der Waals surface area contributed by atoms with E-state index in [0.29, 0.717) is 37.8 Å². The number of rotatable bonds is 2. The summed E-state index contributed by atoms with van der Waals surface area (Å²) in [5, 5.41) is 0. The minimum absolute atomic E-state index is 0.0187. The summed E-state index contributed by atoms with van der Waals surface area (Å²) < 4.78 is 12.1. The van der Waals surface area contributed by atoms with E-state index in [1.54, 1.807) is 4.90 Å². The summed E-state index contributed by atoms with van der Waals surface area (Å²) >= 11 is 3.48. The molecule has 0 N–H and O–H groups in total. The molecule has 5 rings (SSSR count). The minimum atomic E-state index is -0.342. The van der Waals surface area contributed by atoms with Gasteiger partial charge in [-0.2, -0.15) is 0 Å². The van der Waals surface area contributed by atoms with Crippen LogP contribution in [0.3, 0.4) is 0 Å². The van der Waals surface area contributed by atoms with Gasteiger partial charge in [-0.3, -0.25) is 9.59 Å². The van der Waals surface area contributed by atoms with E-state index in [4.69, 9.17) is 9.47 Å². The first-order chi connectivity index (χ1) is 13.6. The molecule has 28 heavy (non-hydrogen) atoms. The molecule has 0 spiro atoms. The minimum Gasteiger partial charge on any atom is -0.486 e. The smallest absolute Gasteiger partial charge is 0.232 e. The lowest BCUT2D eigenvalue weighted by Gasteiger charge is -2.23. The van der Waals surface area contributed by atoms with Crippen LogP contribution in [0, 0.1) is 5.92 Å². The molecule has 1 fully saturated rings. The van der Waals surface area contributed by atoms with Crippen LogP contribution in [0.5, 0.6) is 11.5 Å². The molecule has 7 heteroatoms. The third-order valence-electron chi connectivity index (χ3n) is 5.52. The Kier molecular flexibility index (Phi) is 4.27. The standard InChI is InChI=1S/C21H19BrN2O4/c22-15-2-1-13-5-6-23(17(13)10-15)21(26)14-9-20(25)24(12-14)16-3-4-18-19(11-16)28-8-7-27-18/h1-4,10-11,14H,5-9,12H2. The number of fused-ring (bicyclic) bond motifs is 2. The van der Waals surface area contributed by atoms with Gasteiger partial charge in [0.15, 0.2) is 11.5 Å². The van der Waals surface area contributed by atoms with Gasteiger partial charge in [0.1, 0.15) is 13.2 Å². The largest absolute Gasteiger partial charge is 0.486 e. The van der Waals surface area contributed by atoms with E-state index in [2.05, 4.69) is 15.9 Å². The Morgan fingerprint density at radius 1 is 1.07 bits per heavy atom. The lowest BCUT2D eigenvalue weighted by molar-refractivity contribution is -0.124. The summed E-state index contributed by atoms with van der Waals surface area (Å²) in [6, 6.07) is 11.5. The Labute approximate surface area is 171 Å². The van der Waals surface area contributed by atoms with Crippen molar-refractivity contribution in [2.24, 2.45) is 5.92 Å². The summed E-state index contributed by atoms with van der Waals surface area (Å²) in [6.07, 6.45) is 1.08. The van der Waals surface area contributed by atoms with Gasteiger partial charge >= 0.3 is 0 Å². The summed E-state index contributed by atoms with van der Waals surface area (Å²) in [5.41, 5.74) is 2.86. The van der Waals surface area contributed by atoms with Crippen LogP contribution >= 0.6 is 15.9 Å². The Morgan fingerprint density at radius 2 is 1.89 bits per heavy atom. The van der Waals surface area contributed by atoms with Crippen LogP contribution in [-0.2, 0) is 16.0 Å². The van der Waals surface area contributed by atoms with Crippen molar-refractivity contribution in [2.45, 2.75) is 12.8 Å². The number of nitrogens with zero attached hydrogens (tertiary/aromatic N) is 2. The summed E-state index contributed by atoms with van der Waals surface area (Å²) in [5.74, 6) is 0.970. The molecule has 0 radical (unpaired) electrons. The lowest BCUT2D eigenvalue weighted by Crippen LogP contribution is -2.36. The molecule has 144 valence electrons. The van der Waals surface area contributed by atoms with Gasteiger partial charge in [-0.25, -0.2) is 0 Å². The highest BCUT2D eigenvalue weighted by Gasteiger charge is 2.39. The number of benzene rings is 2. The van der Waals surface area contributed by atoms with Crippen molar-refractivity contribution >= 4 is 39.1 Å². The van der Waals surface area contributed by atoms with Gasteiger partial charge in [-0.1, -0.05) is 22.0 Å². The lowest BCUT2D eigenvalue weighted by atomic mass is 10.1. The third kappa shape index (κ3) is 2.94. The van der Waals surface area contributed by atoms with E-state index in [1.165, 1.54) is 5.56 Å². The zero-order chi connectivity index (χ0) is 19.3. The van der Waals surface area contributed by atoms with Crippen LogP contribution in [-0.4, -0.2) is 38.1 Å². The summed E-state index contributed by atoms with van der Waals surface area (Å²) in [4.78, 5) is 29.3. The Morgan fingerprint density at radius 3 is 2.75 bits per heavy atom. The molecule has 6 nitrogen and oxygen atoms in total. The molecule has 2 aromatic rings. The monoisotopic (exact) mass is 442 g/mol. The predicted molar refractivity (Wildman–Crippen MR) is 108 cm³/mol. The number of amides is 2. The fraction of sp³-hybridized carbons (Fsp3) is 0.333. The number of carbonyl (C=O) groups is 2. The zero-order valence-corrected chi connectivity index (χ0v) is 16.8. The Balaban J connectivity index is 1.36. The normalized spacial score (nSPS) is 20.5. The fourth-order valence-corrected chi connectivity index (χ4v) is 4.47. The van der Waals surface area contributed by atoms with Gasteiger partial charge < -0.3 is 19.3 Å². The topological polar surface area (TPSA) is 59.1 Å². The molecule has 3 aliphatic heterocycles. The van der Waals surface area contributed by atoms with Crippen LogP contribution in [0.2, 0.25) is 0 Å². The third-order valence-corrected chi connectivity index (χ3v) is 6.01. The van der Waals surface area contributed by atoms with Gasteiger partial charge in [0.2, 0.25) is 11.8 Å². The van der Waals surface area contributed by atoms with Crippen LogP contribution < -0.4 is 19.3 Å². The van der Waals surface area contributed by atoms with E-state index in [0.717, 1.165) is 22.3 Å². The molecular weight excluding hydrogens is 424 g/mol. The first-order valence-corrected chi connectivity index (χ1v) is 10.2. The summed E-state index contributed by atoms with van der Waals surface area (Å²) in [6.45, 7) is 2.07. The van der Waals surface area contributed by atoms with E-state index in [1.807, 2.05) is 41.3 Å². The van der Waals surface area contributed by atoms with Gasteiger partial charge in [0.05, 0.1) is 5.92 Å². The molecule has 1 saturated heterocycles. The van der Waals surface area contributed by atoms with E-state index >= 15 is 0 Å². The predicted octanol–water partition coefficient (Wildman–Crippen LogP) is 3.16. The SMILES string of the molecule is O=C1CC(C(=O)N2CCc3ccc(Br)cc32)CN1c1ccc2c(c1)OCCO2. The second kappa shape index (κ2) is 6.81. The van der Waals surface area contributed by atoms with Crippen LogP contribution in [0.4, 0.5) is 11.4 Å². The molecule has 0 aromatic heterocycles. The molecule has 0 saturated carbocycles. The first kappa shape index (κ1) is 17.6. The van der Waals surface area contributed by atoms with Gasteiger partial charge in [-0.05, 0) is 36.2 Å². The van der Waals surface area contributed by atoms with Crippen molar-refractivity contribution < 1.29 is 19.1 Å². The molecule has 3 aliphatic rings. The maximum absolute atomic E-state index is 13.2. The maximum Gasteiger partial charge on any atom is 0.232 e. The Hall–Kier alpha value is -2.54. The van der Waals surface area contributed by atoms with Crippen LogP contribution in [0.25, 0.3) is 0 Å². The molecule has 3 heterocycles. The van der Waals surface area contributed by atoms with Crippen LogP contribution in [0.15, 0.2) is 40.9 Å². The number of hydrogen-bond acceptors (Lipinski definition) is 4. The van der Waals surface area contributed by atoms with E-state index in [-0.39, 0.29) is 24.2 Å². The van der Waals surface area contributed by atoms with Crippen molar-refractivity contribution in [1.29, 1.82) is 0 Å². The second-order valence-corrected chi connectivity index (χ2v) is 8.16. The number of halogens is 1. The Bertz CT molecular complexity index is 977. The average molecular weight is 443 g/mol. The fourth-order valence-electron chi connectivity index (χ4n) is 4.12. The molecule has 1 atom stereocenters. The molecular formula is C21H19BrN2O4. The highest BCUT2D eigenvalue weighted by Crippen LogP contribution is 2.37. The maximum atomic E-state index is 13.2. The van der Waals surface area contributed by atoms with Crippen molar-refractivity contribution in [3.8, 4) is 11.5 Å². The number of ether oxygens (including phenoxy) is 2. The van der Waals surface area contributed by atoms with Crippen molar-refractivity contribution in [2.75, 3.05) is 36.1 Å². The second-order valence-electron chi connectivity index (χ2n) is 7.25. The molecule has 2 aromatic carbocycles. The van der Waals surface area contributed by atoms with E-state index in [9.17, 15) is 9.59 Å². The molecule has 0 aliphatic carbocycles. The molecule has 0 bridgehead atoms. The van der Waals surface area contributed by atoms with Gasteiger partial charge in [0, 0.05) is 41.4 Å². The average Bonchev–Trinajstić information content (AvgIpc) is 3.30. The van der Waals surface area contributed by atoms with Crippen molar-refractivity contribution in [1.82, 2.24) is 0 Å². The van der Waals surface area contributed by atoms with E-state index < -0.39 is 0 Å². The molecule has 2 amide bonds. The quantitative estimate of drug-likeness (QED) is 0.716. The highest BCUT2D eigenvalue weighted by atomic mass is 79.9. The first-order valence-electron chi connectivity index (χ1n) is 9.40. The van der Waals surface area contributed by atoms with Crippen molar-refractivity contribution in [3.05, 3.63) is 46.4 Å². The molecule has 1 unspecified atom stereocenters. The number of hydrogen-bond donors (Lipinski definition) is 0. The highest BCUT2D eigenvalue weighted by molar-refractivity contribution is 9.10.